The van der Waals surface area contributed by atoms with Crippen molar-refractivity contribution in [2.45, 2.75) is 63.8 Å². The van der Waals surface area contributed by atoms with Crippen LogP contribution in [-0.2, 0) is 39.3 Å². The number of rotatable bonds is 15. The van der Waals surface area contributed by atoms with Gasteiger partial charge < -0.3 is 19.9 Å². The summed E-state index contributed by atoms with van der Waals surface area (Å²) in [6.07, 6.45) is 13.9. The number of piperidine rings is 1. The van der Waals surface area contributed by atoms with Gasteiger partial charge >= 0.3 is 0 Å². The van der Waals surface area contributed by atoms with Crippen LogP contribution >= 0.6 is 0 Å². The Balaban J connectivity index is 0.640. The number of aryl methyl sites for hydroxylation is 1. The lowest BCUT2D eigenvalue weighted by Crippen LogP contribution is -2.48. The molecule has 10 rings (SSSR count). The highest BCUT2D eigenvalue weighted by molar-refractivity contribution is 5.99. The van der Waals surface area contributed by atoms with Crippen molar-refractivity contribution in [2.24, 2.45) is 7.05 Å². The Morgan fingerprint density at radius 2 is 1.71 bits per heavy atom. The Hall–Kier alpha value is -7.52. The van der Waals surface area contributed by atoms with Crippen molar-refractivity contribution in [3.8, 4) is 22.4 Å². The van der Waals surface area contributed by atoms with E-state index in [2.05, 4.69) is 75.2 Å². The Bertz CT molecular complexity index is 3000. The van der Waals surface area contributed by atoms with E-state index in [0.717, 1.165) is 55.6 Å². The smallest absolute Gasteiger partial charge is 0.277 e. The highest BCUT2D eigenvalue weighted by atomic mass is 16.5. The first-order valence-electron chi connectivity index (χ1n) is 23.1. The highest BCUT2D eigenvalue weighted by Crippen LogP contribution is 2.25. The summed E-state index contributed by atoms with van der Waals surface area (Å²) in [5.41, 5.74) is 6.10. The number of imide groups is 1. The lowest BCUT2D eigenvalue weighted by Gasteiger charge is -2.35. The zero-order valence-corrected chi connectivity index (χ0v) is 37.8. The number of aromatic nitrogens is 11. The Morgan fingerprint density at radius 3 is 2.50 bits per heavy atom. The van der Waals surface area contributed by atoms with E-state index < -0.39 is 11.9 Å². The number of piperazine rings is 1. The topological polar surface area (TPSA) is 229 Å². The molecule has 2 N–H and O–H groups in total. The molecule has 3 fully saturated rings. The largest absolute Gasteiger partial charge is 0.384 e. The zero-order chi connectivity index (χ0) is 46.6. The van der Waals surface area contributed by atoms with Crippen LogP contribution in [0.4, 0.5) is 11.6 Å². The van der Waals surface area contributed by atoms with E-state index in [4.69, 9.17) is 14.7 Å². The number of anilines is 2. The molecular weight excluding hydrogens is 869 g/mol. The van der Waals surface area contributed by atoms with Gasteiger partial charge in [0.1, 0.15) is 6.04 Å². The van der Waals surface area contributed by atoms with Crippen LogP contribution < -0.4 is 21.1 Å². The molecule has 21 heteroatoms. The number of hydrogen-bond acceptors (Lipinski definition) is 16. The van der Waals surface area contributed by atoms with E-state index >= 15 is 0 Å². The van der Waals surface area contributed by atoms with Crippen molar-refractivity contribution < 1.29 is 19.1 Å². The summed E-state index contributed by atoms with van der Waals surface area (Å²) in [4.78, 5) is 75.9. The first kappa shape index (κ1) is 44.3. The molecule has 1 unspecified atom stereocenters. The van der Waals surface area contributed by atoms with Crippen molar-refractivity contribution in [2.75, 3.05) is 62.6 Å². The fourth-order valence-electron chi connectivity index (χ4n) is 9.08. The minimum Gasteiger partial charge on any atom is -0.384 e. The SMILES string of the molecule is Cn1cc(-c2cnc3c(nnn3C[C@@H]3CN(c4ncc(-c5ccc(CN6CCN(C(=O)CCCCCNc7cccc8cnn(C9CCC(=O)NC9=O)c(=O)c78)CC6)cc5)cn4)CCO3)n2)cn1. The summed E-state index contributed by atoms with van der Waals surface area (Å²) in [5, 5.41) is 23.8. The summed E-state index contributed by atoms with van der Waals surface area (Å²) in [6.45, 7) is 6.75. The molecular formula is C47H52N16O5. The van der Waals surface area contributed by atoms with E-state index in [1.165, 1.54) is 10.2 Å². The molecule has 2 atom stereocenters. The van der Waals surface area contributed by atoms with Gasteiger partial charge in [-0.05, 0) is 36.5 Å². The molecule has 0 saturated carbocycles. The van der Waals surface area contributed by atoms with Gasteiger partial charge in [0.25, 0.3) is 11.5 Å². The molecule has 21 nitrogen and oxygen atoms in total. The molecule has 350 valence electrons. The molecule has 0 bridgehead atoms. The van der Waals surface area contributed by atoms with Gasteiger partial charge in [-0.1, -0.05) is 48.0 Å². The average molecular weight is 921 g/mol. The molecule has 3 amide bonds. The maximum Gasteiger partial charge on any atom is 0.277 e. The van der Waals surface area contributed by atoms with Gasteiger partial charge in [-0.3, -0.25) is 34.1 Å². The van der Waals surface area contributed by atoms with Gasteiger partial charge in [0.2, 0.25) is 23.4 Å². The van der Waals surface area contributed by atoms with Crippen LogP contribution in [0.3, 0.4) is 0 Å². The van der Waals surface area contributed by atoms with Crippen LogP contribution in [0.25, 0.3) is 44.5 Å². The van der Waals surface area contributed by atoms with Crippen LogP contribution in [0.15, 0.2) is 84.4 Å². The van der Waals surface area contributed by atoms with Gasteiger partial charge in [0.05, 0.1) is 48.9 Å². The fourth-order valence-corrected chi connectivity index (χ4v) is 9.08. The van der Waals surface area contributed by atoms with E-state index in [1.807, 2.05) is 48.7 Å². The number of benzene rings is 2. The number of fused-ring (bicyclic) bond motifs is 2. The third kappa shape index (κ3) is 9.79. The van der Waals surface area contributed by atoms with Gasteiger partial charge in [-0.25, -0.2) is 29.3 Å². The third-order valence-corrected chi connectivity index (χ3v) is 12.8. The Labute approximate surface area is 390 Å². The van der Waals surface area contributed by atoms with Gasteiger partial charge in [0.15, 0.2) is 5.65 Å². The van der Waals surface area contributed by atoms with Crippen molar-refractivity contribution in [1.29, 1.82) is 0 Å². The summed E-state index contributed by atoms with van der Waals surface area (Å²) in [6, 6.07) is 13.2. The molecule has 2 aromatic carbocycles. The number of nitrogens with one attached hydrogen (secondary N) is 2. The number of morpholine rings is 1. The van der Waals surface area contributed by atoms with Crippen molar-refractivity contribution in [1.82, 2.24) is 69.6 Å². The molecule has 3 aliphatic heterocycles. The summed E-state index contributed by atoms with van der Waals surface area (Å²) >= 11 is 0. The molecule has 5 aromatic heterocycles. The average Bonchev–Trinajstić information content (AvgIpc) is 3.99. The third-order valence-electron chi connectivity index (χ3n) is 12.8. The second-order valence-corrected chi connectivity index (χ2v) is 17.5. The minimum atomic E-state index is -0.825. The summed E-state index contributed by atoms with van der Waals surface area (Å²) in [5.74, 6) is -0.0243. The normalized spacial score (nSPS) is 18.1. The van der Waals surface area contributed by atoms with Crippen molar-refractivity contribution in [3.63, 3.8) is 0 Å². The second-order valence-electron chi connectivity index (χ2n) is 17.5. The van der Waals surface area contributed by atoms with Crippen LogP contribution in [0, 0.1) is 0 Å². The van der Waals surface area contributed by atoms with E-state index in [9.17, 15) is 19.2 Å². The highest BCUT2D eigenvalue weighted by Gasteiger charge is 2.30. The zero-order valence-electron chi connectivity index (χ0n) is 37.8. The number of amides is 3. The maximum absolute atomic E-state index is 13.5. The predicted octanol–water partition coefficient (Wildman–Crippen LogP) is 2.99. The molecule has 8 heterocycles. The molecule has 7 aromatic rings. The number of hydrogen-bond donors (Lipinski definition) is 2. The van der Waals surface area contributed by atoms with E-state index in [-0.39, 0.29) is 36.3 Å². The lowest BCUT2D eigenvalue weighted by atomic mass is 10.1. The number of ether oxygens (including phenoxy) is 1. The maximum atomic E-state index is 13.5. The first-order chi connectivity index (χ1) is 33.2. The number of carbonyl (C=O) groups is 3. The minimum absolute atomic E-state index is 0.159. The van der Waals surface area contributed by atoms with Gasteiger partial charge in [0, 0.05) is 113 Å². The molecule has 0 radical (unpaired) electrons. The number of nitrogens with zero attached hydrogens (tertiary/aromatic N) is 14. The first-order valence-corrected chi connectivity index (χ1v) is 23.1. The van der Waals surface area contributed by atoms with Gasteiger partial charge in [-0.2, -0.15) is 10.2 Å². The molecule has 3 aliphatic rings. The van der Waals surface area contributed by atoms with Gasteiger partial charge in [-0.15, -0.1) is 5.10 Å². The molecule has 3 saturated heterocycles. The van der Waals surface area contributed by atoms with E-state index in [1.54, 1.807) is 28.0 Å². The monoisotopic (exact) mass is 920 g/mol. The fraction of sp³-hybridized carbons (Fsp3) is 0.404. The summed E-state index contributed by atoms with van der Waals surface area (Å²) < 4.78 is 10.7. The molecule has 0 aliphatic carbocycles. The van der Waals surface area contributed by atoms with E-state index in [0.29, 0.717) is 91.7 Å². The van der Waals surface area contributed by atoms with Crippen LogP contribution in [0.2, 0.25) is 0 Å². The number of unbranched alkanes of at least 4 members (excludes halogenated alkanes) is 2. The lowest BCUT2D eigenvalue weighted by molar-refractivity contribution is -0.136. The van der Waals surface area contributed by atoms with Crippen LogP contribution in [0.5, 0.6) is 0 Å². The number of carbonyl (C=O) groups excluding carboxylic acids is 3. The van der Waals surface area contributed by atoms with Crippen molar-refractivity contribution >= 4 is 51.4 Å². The van der Waals surface area contributed by atoms with Crippen LogP contribution in [0.1, 0.15) is 50.1 Å². The summed E-state index contributed by atoms with van der Waals surface area (Å²) in [7, 11) is 1.86. The van der Waals surface area contributed by atoms with Crippen LogP contribution in [-0.4, -0.2) is 141 Å². The molecule has 68 heavy (non-hydrogen) atoms. The molecule has 0 spiro atoms. The predicted molar refractivity (Wildman–Crippen MR) is 251 cm³/mol. The quantitative estimate of drug-likeness (QED) is 0.111. The Kier molecular flexibility index (Phi) is 12.9. The standard InChI is InChI=1S/C47H52N16O5/c1-58-28-35(25-52-58)38-26-49-44-43(54-38)56-57-62(44)30-36-29-61(20-21-68-36)47-50-22-34(23-51-47)32-11-9-31(10-12-32)27-59-16-18-60(19-17-59)41(65)8-3-2-4-15-48-37-7-5-6-33-24-53-63(46(67)42(33)37)39-13-14-40(64)55-45(39)66/h5-7,9-12,22-26,28,36,39,48H,2-4,8,13-21,27,29-30H2,1H3,(H,55,64,66)/t36-,39?/m0/s1. The second kappa shape index (κ2) is 19.8. The van der Waals surface area contributed by atoms with Crippen molar-refractivity contribution in [3.05, 3.63) is 95.6 Å². The Morgan fingerprint density at radius 1 is 0.868 bits per heavy atom.